The number of aromatic nitrogens is 2. The van der Waals surface area contributed by atoms with E-state index >= 15 is 0 Å². The van der Waals surface area contributed by atoms with Crippen molar-refractivity contribution >= 4 is 0 Å². The van der Waals surface area contributed by atoms with Gasteiger partial charge in [0.15, 0.2) is 0 Å². The fourth-order valence-corrected chi connectivity index (χ4v) is 2.05. The number of hydrogen-bond acceptors (Lipinski definition) is 5. The van der Waals surface area contributed by atoms with Gasteiger partial charge in [-0.15, -0.1) is 0 Å². The van der Waals surface area contributed by atoms with Crippen molar-refractivity contribution in [2.75, 3.05) is 6.61 Å². The fourth-order valence-electron chi connectivity index (χ4n) is 2.05. The molecule has 0 fully saturated rings. The van der Waals surface area contributed by atoms with Crippen molar-refractivity contribution in [2.24, 2.45) is 5.92 Å². The highest BCUT2D eigenvalue weighted by Gasteiger charge is 2.34. The van der Waals surface area contributed by atoms with E-state index in [1.165, 1.54) is 0 Å². The number of ether oxygens (including phenoxy) is 1. The van der Waals surface area contributed by atoms with Gasteiger partial charge < -0.3 is 14.4 Å². The third-order valence-corrected chi connectivity index (χ3v) is 3.59. The predicted molar refractivity (Wildman–Crippen MR) is 72.7 cm³/mol. The Bertz CT molecular complexity index is 373. The average molecular weight is 270 g/mol. The minimum absolute atomic E-state index is 0.171. The van der Waals surface area contributed by atoms with E-state index in [0.717, 1.165) is 12.8 Å². The predicted octanol–water partition coefficient (Wildman–Crippen LogP) is 2.68. The van der Waals surface area contributed by atoms with Crippen LogP contribution in [0.25, 0.3) is 0 Å². The lowest BCUT2D eigenvalue weighted by molar-refractivity contribution is -0.0583. The quantitative estimate of drug-likeness (QED) is 0.786. The lowest BCUT2D eigenvalue weighted by Gasteiger charge is -2.27. The second kappa shape index (κ2) is 7.01. The molecule has 1 N–H and O–H groups in total. The molecule has 1 rings (SSSR count). The van der Waals surface area contributed by atoms with Crippen LogP contribution in [0.4, 0.5) is 0 Å². The van der Waals surface area contributed by atoms with Gasteiger partial charge in [0.1, 0.15) is 5.60 Å². The first-order valence-electron chi connectivity index (χ1n) is 7.14. The molecule has 0 spiro atoms. The van der Waals surface area contributed by atoms with Gasteiger partial charge >= 0.3 is 0 Å². The summed E-state index contributed by atoms with van der Waals surface area (Å²) in [5, 5.41) is 13.9. The summed E-state index contributed by atoms with van der Waals surface area (Å²) in [4.78, 5) is 4.40. The summed E-state index contributed by atoms with van der Waals surface area (Å²) in [6, 6.07) is 0. The number of aliphatic hydroxyl groups is 1. The number of aliphatic hydroxyl groups excluding tert-OH is 1. The minimum Gasteiger partial charge on any atom is -0.392 e. The maximum atomic E-state index is 9.85. The van der Waals surface area contributed by atoms with Crippen LogP contribution in [0.1, 0.15) is 59.2 Å². The van der Waals surface area contributed by atoms with E-state index in [-0.39, 0.29) is 5.92 Å². The van der Waals surface area contributed by atoms with Crippen LogP contribution in [0.2, 0.25) is 0 Å². The first-order chi connectivity index (χ1) is 8.99. The Morgan fingerprint density at radius 2 is 1.89 bits per heavy atom. The topological polar surface area (TPSA) is 68.4 Å². The summed E-state index contributed by atoms with van der Waals surface area (Å²) in [5.74, 6) is 1.23. The van der Waals surface area contributed by atoms with Crippen LogP contribution in [0.5, 0.6) is 0 Å². The van der Waals surface area contributed by atoms with Gasteiger partial charge in [-0.2, -0.15) is 4.98 Å². The standard InChI is InChI=1S/C14H26N2O3/c1-6-14(7-2,18-8-3)13-15-12(19-16-13)9-11(17)10(4)5/h10-11,17H,6-9H2,1-5H3. The van der Waals surface area contributed by atoms with Crippen LogP contribution in [0.15, 0.2) is 4.52 Å². The van der Waals surface area contributed by atoms with Crippen LogP contribution >= 0.6 is 0 Å². The molecule has 5 heteroatoms. The molecule has 0 saturated carbocycles. The monoisotopic (exact) mass is 270 g/mol. The van der Waals surface area contributed by atoms with Crippen molar-refractivity contribution in [2.45, 2.75) is 65.6 Å². The SMILES string of the molecule is CCOC(CC)(CC)c1noc(CC(O)C(C)C)n1. The van der Waals surface area contributed by atoms with Crippen LogP contribution in [0, 0.1) is 5.92 Å². The Hall–Kier alpha value is -0.940. The minimum atomic E-state index is -0.473. The third-order valence-electron chi connectivity index (χ3n) is 3.59. The van der Waals surface area contributed by atoms with Gasteiger partial charge in [-0.3, -0.25) is 0 Å². The highest BCUT2D eigenvalue weighted by molar-refractivity contribution is 5.01. The molecule has 0 aliphatic heterocycles. The van der Waals surface area contributed by atoms with Crippen molar-refractivity contribution in [1.29, 1.82) is 0 Å². The Morgan fingerprint density at radius 1 is 1.26 bits per heavy atom. The van der Waals surface area contributed by atoms with Crippen LogP contribution < -0.4 is 0 Å². The molecule has 0 aromatic carbocycles. The molecule has 0 radical (unpaired) electrons. The second-order valence-electron chi connectivity index (χ2n) is 5.16. The van der Waals surface area contributed by atoms with Gasteiger partial charge in [-0.05, 0) is 25.7 Å². The molecule has 5 nitrogen and oxygen atoms in total. The van der Waals surface area contributed by atoms with Gasteiger partial charge in [0, 0.05) is 6.61 Å². The zero-order valence-electron chi connectivity index (χ0n) is 12.6. The Kier molecular flexibility index (Phi) is 5.94. The van der Waals surface area contributed by atoms with Gasteiger partial charge in [0.2, 0.25) is 11.7 Å². The third kappa shape index (κ3) is 3.76. The lowest BCUT2D eigenvalue weighted by Crippen LogP contribution is -2.30. The molecule has 0 aliphatic carbocycles. The van der Waals surface area contributed by atoms with Gasteiger partial charge in [0.05, 0.1) is 12.5 Å². The normalized spacial score (nSPS) is 14.1. The molecule has 0 saturated heterocycles. The van der Waals surface area contributed by atoms with Crippen LogP contribution in [-0.2, 0) is 16.8 Å². The summed E-state index contributed by atoms with van der Waals surface area (Å²) in [5.41, 5.74) is -0.473. The summed E-state index contributed by atoms with van der Waals surface area (Å²) in [6.07, 6.45) is 1.52. The Labute approximate surface area is 115 Å². The summed E-state index contributed by atoms with van der Waals surface area (Å²) in [7, 11) is 0. The molecule has 1 aromatic rings. The van der Waals surface area contributed by atoms with E-state index < -0.39 is 11.7 Å². The summed E-state index contributed by atoms with van der Waals surface area (Å²) < 4.78 is 11.1. The van der Waals surface area contributed by atoms with Crippen molar-refractivity contribution in [3.05, 3.63) is 11.7 Å². The molecule has 0 amide bonds. The first kappa shape index (κ1) is 16.1. The molecule has 0 aliphatic rings. The Morgan fingerprint density at radius 3 is 2.37 bits per heavy atom. The van der Waals surface area contributed by atoms with E-state index in [9.17, 15) is 5.11 Å². The average Bonchev–Trinajstić information content (AvgIpc) is 2.85. The molecular weight excluding hydrogens is 244 g/mol. The fraction of sp³-hybridized carbons (Fsp3) is 0.857. The first-order valence-corrected chi connectivity index (χ1v) is 7.14. The molecule has 19 heavy (non-hydrogen) atoms. The molecule has 0 bridgehead atoms. The molecule has 110 valence electrons. The van der Waals surface area contributed by atoms with E-state index in [4.69, 9.17) is 9.26 Å². The van der Waals surface area contributed by atoms with E-state index in [1.807, 2.05) is 20.8 Å². The van der Waals surface area contributed by atoms with E-state index in [1.54, 1.807) is 0 Å². The molecule has 1 aromatic heterocycles. The number of hydrogen-bond donors (Lipinski definition) is 1. The molecule has 1 atom stereocenters. The largest absolute Gasteiger partial charge is 0.392 e. The van der Waals surface area contributed by atoms with E-state index in [0.29, 0.717) is 24.7 Å². The molecule has 1 heterocycles. The zero-order valence-corrected chi connectivity index (χ0v) is 12.6. The summed E-state index contributed by atoms with van der Waals surface area (Å²) >= 11 is 0. The smallest absolute Gasteiger partial charge is 0.229 e. The second-order valence-corrected chi connectivity index (χ2v) is 5.16. The van der Waals surface area contributed by atoms with Crippen molar-refractivity contribution in [3.8, 4) is 0 Å². The Balaban J connectivity index is 2.87. The molecule has 1 unspecified atom stereocenters. The maximum Gasteiger partial charge on any atom is 0.229 e. The van der Waals surface area contributed by atoms with Gasteiger partial charge in [0.25, 0.3) is 0 Å². The molecular formula is C14H26N2O3. The highest BCUT2D eigenvalue weighted by Crippen LogP contribution is 2.31. The van der Waals surface area contributed by atoms with Crippen LogP contribution in [0.3, 0.4) is 0 Å². The van der Waals surface area contributed by atoms with Crippen molar-refractivity contribution < 1.29 is 14.4 Å². The van der Waals surface area contributed by atoms with E-state index in [2.05, 4.69) is 24.0 Å². The summed E-state index contributed by atoms with van der Waals surface area (Å²) in [6.45, 7) is 10.6. The highest BCUT2D eigenvalue weighted by atomic mass is 16.5. The maximum absolute atomic E-state index is 9.85. The van der Waals surface area contributed by atoms with Gasteiger partial charge in [-0.1, -0.05) is 32.9 Å². The van der Waals surface area contributed by atoms with Gasteiger partial charge in [-0.25, -0.2) is 0 Å². The lowest BCUT2D eigenvalue weighted by atomic mass is 9.96. The van der Waals surface area contributed by atoms with Crippen LogP contribution in [-0.4, -0.2) is 28.0 Å². The number of rotatable bonds is 8. The zero-order chi connectivity index (χ0) is 14.5. The van der Waals surface area contributed by atoms with Crippen molar-refractivity contribution in [3.63, 3.8) is 0 Å². The van der Waals surface area contributed by atoms with Crippen molar-refractivity contribution in [1.82, 2.24) is 10.1 Å². The number of nitrogens with zero attached hydrogens (tertiary/aromatic N) is 2.